The van der Waals surface area contributed by atoms with Gasteiger partial charge in [0.15, 0.2) is 0 Å². The molecular weight excluding hydrogens is 218 g/mol. The van der Waals surface area contributed by atoms with E-state index in [2.05, 4.69) is 0 Å². The fraction of sp³-hybridized carbons (Fsp3) is 0.143. The van der Waals surface area contributed by atoms with Gasteiger partial charge in [-0.25, -0.2) is 0 Å². The molecule has 0 spiro atoms. The van der Waals surface area contributed by atoms with Crippen molar-refractivity contribution >= 4 is 54.3 Å². The number of benzene rings is 1. The summed E-state index contributed by atoms with van der Waals surface area (Å²) in [5, 5.41) is 0. The van der Waals surface area contributed by atoms with E-state index in [1.54, 1.807) is 0 Å². The first kappa shape index (κ1) is 9.27. The summed E-state index contributed by atoms with van der Waals surface area (Å²) in [5.41, 5.74) is 1.24. The monoisotopic (exact) mass is 226 g/mol. The molecule has 0 aromatic heterocycles. The van der Waals surface area contributed by atoms with Gasteiger partial charge in [-0.15, -0.1) is 0 Å². The molecule has 0 saturated carbocycles. The third-order valence-corrected chi connectivity index (χ3v) is 7.14. The van der Waals surface area contributed by atoms with Crippen LogP contribution in [0, 0.1) is 6.92 Å². The molecular formula is C7H7KOSe. The first-order valence-electron chi connectivity index (χ1n) is 3.10. The minimum atomic E-state index is -1.49. The quantitative estimate of drug-likeness (QED) is 0.628. The normalized spacial score (nSPS) is 13.1. The molecule has 3 heteroatoms. The summed E-state index contributed by atoms with van der Waals surface area (Å²) in [7, 11) is 0. The predicted molar refractivity (Wildman–Crippen MR) is 43.0 cm³/mol. The Morgan fingerprint density at radius 2 is 1.80 bits per heavy atom. The number of aryl methyl sites for hydroxylation is 1. The summed E-state index contributed by atoms with van der Waals surface area (Å²) in [5.74, 6) is 0. The maximum atomic E-state index is 11.0. The predicted octanol–water partition coefficient (Wildman–Crippen LogP) is 0.289. The molecule has 0 aliphatic carbocycles. The van der Waals surface area contributed by atoms with E-state index >= 15 is 0 Å². The van der Waals surface area contributed by atoms with Crippen molar-refractivity contribution in [2.75, 3.05) is 0 Å². The van der Waals surface area contributed by atoms with Gasteiger partial charge >= 0.3 is 94.9 Å². The Balaban J connectivity index is 3.00. The molecule has 0 aliphatic rings. The first-order valence-corrected chi connectivity index (χ1v) is 13.0. The van der Waals surface area contributed by atoms with Crippen LogP contribution in [-0.2, 0) is 3.83 Å². The number of hydrogen-bond acceptors (Lipinski definition) is 1. The van der Waals surface area contributed by atoms with Crippen molar-refractivity contribution in [2.45, 2.75) is 6.92 Å². The van der Waals surface area contributed by atoms with Gasteiger partial charge in [0.25, 0.3) is 0 Å². The molecule has 0 N–H and O–H groups in total. The molecule has 0 radical (unpaired) electrons. The standard InChI is InChI=1S/C7H7OSe.K/c1-6-2-4-7(9-8)5-3-6;/h2-5H,1H3;/q+1;-1. The average molecular weight is 225 g/mol. The molecule has 1 rings (SSSR count). The van der Waals surface area contributed by atoms with Gasteiger partial charge < -0.3 is 0 Å². The molecule has 0 saturated heterocycles. The molecule has 1 atom stereocenters. The van der Waals surface area contributed by atoms with Crippen LogP contribution >= 0.6 is 0 Å². The van der Waals surface area contributed by atoms with Crippen LogP contribution in [0.5, 0.6) is 0 Å². The summed E-state index contributed by atoms with van der Waals surface area (Å²) < 4.78 is 10.6. The van der Waals surface area contributed by atoms with Crippen LogP contribution in [0.1, 0.15) is 5.56 Å². The van der Waals surface area contributed by atoms with Crippen LogP contribution in [0.4, 0.5) is 0 Å². The van der Waals surface area contributed by atoms with Crippen molar-refractivity contribution in [3.05, 3.63) is 29.8 Å². The van der Waals surface area contributed by atoms with Crippen molar-refractivity contribution in [3.8, 4) is 0 Å². The first-order chi connectivity index (χ1) is 4.70. The van der Waals surface area contributed by atoms with Gasteiger partial charge in [0.2, 0.25) is 0 Å². The fourth-order valence-corrected chi connectivity index (χ4v) is 4.03. The Labute approximate surface area is 93.0 Å². The van der Waals surface area contributed by atoms with Crippen LogP contribution in [0.3, 0.4) is 0 Å². The van der Waals surface area contributed by atoms with E-state index in [0.29, 0.717) is 45.4 Å². The van der Waals surface area contributed by atoms with Crippen molar-refractivity contribution in [2.24, 2.45) is 0 Å². The molecule has 1 aromatic rings. The molecule has 1 unspecified atom stereocenters. The number of rotatable bonds is 1. The summed E-state index contributed by atoms with van der Waals surface area (Å²) in [6.45, 7) is 2.04. The molecule has 1 nitrogen and oxygen atoms in total. The zero-order chi connectivity index (χ0) is 7.56. The molecule has 0 amide bonds. The SMILES string of the molecule is Cc1ccc([Se](=O)[K])cc1. The van der Waals surface area contributed by atoms with Gasteiger partial charge in [-0.1, -0.05) is 0 Å². The molecule has 0 heterocycles. The zero-order valence-corrected chi connectivity index (χ0v) is 11.0. The van der Waals surface area contributed by atoms with E-state index in [4.69, 9.17) is 0 Å². The van der Waals surface area contributed by atoms with Crippen molar-refractivity contribution in [1.29, 1.82) is 0 Å². The van der Waals surface area contributed by atoms with E-state index in [-0.39, 0.29) is 0 Å². The Morgan fingerprint density at radius 3 is 2.20 bits per heavy atom. The minimum absolute atomic E-state index is 0.488. The molecule has 0 bridgehead atoms. The van der Waals surface area contributed by atoms with Crippen LogP contribution in [0.2, 0.25) is 0 Å². The van der Waals surface area contributed by atoms with Gasteiger partial charge in [-0.3, -0.25) is 0 Å². The van der Waals surface area contributed by atoms with Crippen molar-refractivity contribution in [3.63, 3.8) is 0 Å². The van der Waals surface area contributed by atoms with Gasteiger partial charge in [-0.05, 0) is 0 Å². The maximum absolute atomic E-state index is 11.0. The van der Waals surface area contributed by atoms with Gasteiger partial charge in [0.05, 0.1) is 0 Å². The summed E-state index contributed by atoms with van der Waals surface area (Å²) in [6, 6.07) is 8.02. The van der Waals surface area contributed by atoms with Crippen LogP contribution in [0.25, 0.3) is 0 Å². The van der Waals surface area contributed by atoms with E-state index in [0.717, 1.165) is 4.46 Å². The van der Waals surface area contributed by atoms with Crippen LogP contribution in [-0.4, -0.2) is 49.9 Å². The second-order valence-electron chi connectivity index (χ2n) is 2.27. The molecule has 10 heavy (non-hydrogen) atoms. The van der Waals surface area contributed by atoms with Gasteiger partial charge in [0.1, 0.15) is 0 Å². The van der Waals surface area contributed by atoms with E-state index in [9.17, 15) is 3.83 Å². The van der Waals surface area contributed by atoms with E-state index in [1.165, 1.54) is 5.56 Å². The molecule has 0 fully saturated rings. The summed E-state index contributed by atoms with van der Waals surface area (Å²) in [4.78, 5) is 0. The van der Waals surface area contributed by atoms with E-state index in [1.807, 2.05) is 31.2 Å². The average Bonchev–Trinajstić information content (AvgIpc) is 1.88. The van der Waals surface area contributed by atoms with Crippen LogP contribution < -0.4 is 4.46 Å². The number of hydrogen-bond donors (Lipinski definition) is 0. The zero-order valence-electron chi connectivity index (χ0n) is 6.13. The third-order valence-electron chi connectivity index (χ3n) is 1.35. The summed E-state index contributed by atoms with van der Waals surface area (Å²) in [6.07, 6.45) is 0. The third kappa shape index (κ3) is 2.66. The fourth-order valence-electron chi connectivity index (χ4n) is 0.730. The Bertz CT molecular complexity index is 242. The van der Waals surface area contributed by atoms with Crippen molar-refractivity contribution < 1.29 is 3.83 Å². The topological polar surface area (TPSA) is 17.1 Å². The van der Waals surface area contributed by atoms with E-state index < -0.39 is 4.48 Å². The Morgan fingerprint density at radius 1 is 1.30 bits per heavy atom. The molecule has 48 valence electrons. The second kappa shape index (κ2) is 4.26. The Kier molecular flexibility index (Phi) is 3.95. The van der Waals surface area contributed by atoms with Gasteiger partial charge in [-0.2, -0.15) is 0 Å². The van der Waals surface area contributed by atoms with Gasteiger partial charge in [0, 0.05) is 0 Å². The second-order valence-corrected chi connectivity index (χ2v) is 11.2. The van der Waals surface area contributed by atoms with Crippen molar-refractivity contribution in [1.82, 2.24) is 0 Å². The molecule has 1 aromatic carbocycles. The molecule has 0 aliphatic heterocycles. The summed E-state index contributed by atoms with van der Waals surface area (Å²) >= 11 is 0.488. The van der Waals surface area contributed by atoms with Crippen LogP contribution in [0.15, 0.2) is 24.3 Å². The Hall–Kier alpha value is 1.18.